The van der Waals surface area contributed by atoms with Crippen molar-refractivity contribution in [2.45, 2.75) is 25.9 Å². The number of hydrogen-bond acceptors (Lipinski definition) is 4. The van der Waals surface area contributed by atoms with Gasteiger partial charge in [0.25, 0.3) is 0 Å². The molecule has 0 aliphatic carbocycles. The number of rotatable bonds is 6. The highest BCUT2D eigenvalue weighted by molar-refractivity contribution is 7.07. The van der Waals surface area contributed by atoms with E-state index in [0.717, 1.165) is 6.42 Å². The summed E-state index contributed by atoms with van der Waals surface area (Å²) < 4.78 is 5.05. The van der Waals surface area contributed by atoms with Crippen LogP contribution in [0.2, 0.25) is 0 Å². The van der Waals surface area contributed by atoms with Crippen LogP contribution in [0.5, 0.6) is 0 Å². The first-order chi connectivity index (χ1) is 10.0. The molecule has 0 aliphatic rings. The van der Waals surface area contributed by atoms with E-state index in [4.69, 9.17) is 9.52 Å². The number of hydrogen-bond donors (Lipinski definition) is 3. The van der Waals surface area contributed by atoms with E-state index in [-0.39, 0.29) is 24.4 Å². The Hall–Kier alpha value is -2.28. The van der Waals surface area contributed by atoms with Gasteiger partial charge < -0.3 is 20.2 Å². The maximum absolute atomic E-state index is 11.7. The zero-order valence-electron chi connectivity index (χ0n) is 11.5. The van der Waals surface area contributed by atoms with Gasteiger partial charge in [-0.3, -0.25) is 0 Å². The summed E-state index contributed by atoms with van der Waals surface area (Å²) in [6.07, 6.45) is 0.765. The molecule has 0 saturated carbocycles. The van der Waals surface area contributed by atoms with Gasteiger partial charge in [-0.1, -0.05) is 0 Å². The van der Waals surface area contributed by atoms with E-state index in [1.807, 2.05) is 23.8 Å². The maximum Gasteiger partial charge on any atom is 0.371 e. The molecule has 0 fully saturated rings. The van der Waals surface area contributed by atoms with Crippen molar-refractivity contribution in [3.05, 3.63) is 46.0 Å². The summed E-state index contributed by atoms with van der Waals surface area (Å²) >= 11 is 1.62. The standard InChI is InChI=1S/C14H16N2O4S/c1-9(6-10-4-5-21-8-10)16-14(19)15-7-11-2-3-12(20-11)13(17)18/h2-5,8-9H,6-7H2,1H3,(H,17,18)(H2,15,16,19). The lowest BCUT2D eigenvalue weighted by Crippen LogP contribution is -2.41. The minimum atomic E-state index is -1.13. The van der Waals surface area contributed by atoms with Crippen LogP contribution in [0, 0.1) is 0 Å². The van der Waals surface area contributed by atoms with Crippen molar-refractivity contribution in [1.29, 1.82) is 0 Å². The highest BCUT2D eigenvalue weighted by Crippen LogP contribution is 2.09. The van der Waals surface area contributed by atoms with Crippen molar-refractivity contribution in [2.75, 3.05) is 0 Å². The zero-order chi connectivity index (χ0) is 15.2. The van der Waals surface area contributed by atoms with Crippen LogP contribution in [0.3, 0.4) is 0 Å². The molecule has 0 radical (unpaired) electrons. The van der Waals surface area contributed by atoms with Crippen molar-refractivity contribution in [1.82, 2.24) is 10.6 Å². The van der Waals surface area contributed by atoms with Crippen LogP contribution in [0.25, 0.3) is 0 Å². The van der Waals surface area contributed by atoms with Crippen LogP contribution < -0.4 is 10.6 Å². The van der Waals surface area contributed by atoms with Gasteiger partial charge in [-0.2, -0.15) is 11.3 Å². The fourth-order valence-electron chi connectivity index (χ4n) is 1.84. The number of amides is 2. The van der Waals surface area contributed by atoms with Gasteiger partial charge >= 0.3 is 12.0 Å². The highest BCUT2D eigenvalue weighted by atomic mass is 32.1. The number of carboxylic acid groups (broad SMARTS) is 1. The van der Waals surface area contributed by atoms with Gasteiger partial charge in [0.1, 0.15) is 5.76 Å². The second kappa shape index (κ2) is 6.94. The molecular formula is C14H16N2O4S. The maximum atomic E-state index is 11.7. The van der Waals surface area contributed by atoms with Crippen LogP contribution in [0.4, 0.5) is 4.79 Å². The minimum Gasteiger partial charge on any atom is -0.475 e. The third kappa shape index (κ3) is 4.64. The van der Waals surface area contributed by atoms with E-state index in [1.165, 1.54) is 17.7 Å². The Bertz CT molecular complexity index is 606. The fourth-order valence-corrected chi connectivity index (χ4v) is 2.52. The minimum absolute atomic E-state index is 0.00535. The number of aromatic carboxylic acids is 1. The first-order valence-electron chi connectivity index (χ1n) is 6.42. The van der Waals surface area contributed by atoms with Crippen LogP contribution >= 0.6 is 11.3 Å². The first kappa shape index (κ1) is 15.1. The third-order valence-corrected chi connectivity index (χ3v) is 3.53. The second-order valence-electron chi connectivity index (χ2n) is 4.63. The average Bonchev–Trinajstić information content (AvgIpc) is 3.06. The summed E-state index contributed by atoms with van der Waals surface area (Å²) in [6, 6.07) is 4.60. The lowest BCUT2D eigenvalue weighted by molar-refractivity contribution is 0.0660. The third-order valence-electron chi connectivity index (χ3n) is 2.80. The van der Waals surface area contributed by atoms with Crippen LogP contribution in [-0.4, -0.2) is 23.1 Å². The van der Waals surface area contributed by atoms with Crippen molar-refractivity contribution in [3.63, 3.8) is 0 Å². The molecule has 7 heteroatoms. The van der Waals surface area contributed by atoms with E-state index in [1.54, 1.807) is 11.3 Å². The summed E-state index contributed by atoms with van der Waals surface area (Å²) in [5.41, 5.74) is 1.19. The fraction of sp³-hybridized carbons (Fsp3) is 0.286. The number of carboxylic acids is 1. The molecular weight excluding hydrogens is 292 g/mol. The number of thiophene rings is 1. The predicted molar refractivity (Wildman–Crippen MR) is 78.5 cm³/mol. The molecule has 2 aromatic rings. The van der Waals surface area contributed by atoms with Crippen LogP contribution in [0.1, 0.15) is 28.8 Å². The summed E-state index contributed by atoms with van der Waals surface area (Å²) in [5, 5.41) is 18.2. The molecule has 6 nitrogen and oxygen atoms in total. The molecule has 112 valence electrons. The summed E-state index contributed by atoms with van der Waals surface area (Å²) in [5.74, 6) is -0.874. The van der Waals surface area contributed by atoms with Crippen molar-refractivity contribution < 1.29 is 19.1 Å². The Labute approximate surface area is 125 Å². The Morgan fingerprint density at radius 3 is 2.81 bits per heavy atom. The average molecular weight is 308 g/mol. The molecule has 1 unspecified atom stereocenters. The van der Waals surface area contributed by atoms with Crippen molar-refractivity contribution in [2.24, 2.45) is 0 Å². The molecule has 2 heterocycles. The highest BCUT2D eigenvalue weighted by Gasteiger charge is 2.11. The van der Waals surface area contributed by atoms with Gasteiger partial charge in [0.2, 0.25) is 5.76 Å². The number of nitrogens with one attached hydrogen (secondary N) is 2. The van der Waals surface area contributed by atoms with Gasteiger partial charge in [-0.25, -0.2) is 9.59 Å². The molecule has 0 bridgehead atoms. The largest absolute Gasteiger partial charge is 0.475 e. The Balaban J connectivity index is 1.75. The van der Waals surface area contributed by atoms with E-state index in [9.17, 15) is 9.59 Å². The van der Waals surface area contributed by atoms with Gasteiger partial charge in [0.15, 0.2) is 0 Å². The predicted octanol–water partition coefficient (Wildman–Crippen LogP) is 2.47. The molecule has 3 N–H and O–H groups in total. The monoisotopic (exact) mass is 308 g/mol. The number of urea groups is 1. The number of carbonyl (C=O) groups is 2. The summed E-state index contributed by atoms with van der Waals surface area (Å²) in [6.45, 7) is 2.07. The van der Waals surface area contributed by atoms with E-state index in [2.05, 4.69) is 10.6 Å². The van der Waals surface area contributed by atoms with Gasteiger partial charge in [0.05, 0.1) is 6.54 Å². The van der Waals surface area contributed by atoms with Gasteiger partial charge in [0, 0.05) is 6.04 Å². The van der Waals surface area contributed by atoms with Gasteiger partial charge in [-0.05, 0) is 47.9 Å². The molecule has 1 atom stereocenters. The SMILES string of the molecule is CC(Cc1ccsc1)NC(=O)NCc1ccc(C(=O)O)o1. The lowest BCUT2D eigenvalue weighted by Gasteiger charge is -2.13. The van der Waals surface area contributed by atoms with Crippen LogP contribution in [-0.2, 0) is 13.0 Å². The van der Waals surface area contributed by atoms with Gasteiger partial charge in [-0.15, -0.1) is 0 Å². The summed E-state index contributed by atoms with van der Waals surface area (Å²) in [7, 11) is 0. The molecule has 0 saturated heterocycles. The lowest BCUT2D eigenvalue weighted by atomic mass is 10.1. The van der Waals surface area contributed by atoms with Crippen LogP contribution in [0.15, 0.2) is 33.4 Å². The molecule has 0 aromatic carbocycles. The van der Waals surface area contributed by atoms with E-state index in [0.29, 0.717) is 5.76 Å². The number of furan rings is 1. The molecule has 2 amide bonds. The zero-order valence-corrected chi connectivity index (χ0v) is 12.3. The Morgan fingerprint density at radius 2 is 2.19 bits per heavy atom. The van der Waals surface area contributed by atoms with E-state index >= 15 is 0 Å². The Morgan fingerprint density at radius 1 is 1.38 bits per heavy atom. The normalized spacial score (nSPS) is 11.9. The summed E-state index contributed by atoms with van der Waals surface area (Å²) in [4.78, 5) is 22.4. The molecule has 21 heavy (non-hydrogen) atoms. The first-order valence-corrected chi connectivity index (χ1v) is 7.36. The topological polar surface area (TPSA) is 91.6 Å². The molecule has 2 rings (SSSR count). The van der Waals surface area contributed by atoms with E-state index < -0.39 is 5.97 Å². The second-order valence-corrected chi connectivity index (χ2v) is 5.41. The number of carbonyl (C=O) groups excluding carboxylic acids is 1. The quantitative estimate of drug-likeness (QED) is 0.764. The molecule has 2 aromatic heterocycles. The Kier molecular flexibility index (Phi) is 4.99. The smallest absolute Gasteiger partial charge is 0.371 e. The van der Waals surface area contributed by atoms with Crippen molar-refractivity contribution >= 4 is 23.3 Å². The van der Waals surface area contributed by atoms with Crippen molar-refractivity contribution in [3.8, 4) is 0 Å². The molecule has 0 spiro atoms. The molecule has 0 aliphatic heterocycles.